The highest BCUT2D eigenvalue weighted by Gasteiger charge is 2.27. The number of hydrogen-bond donors (Lipinski definition) is 1. The van der Waals surface area contributed by atoms with Crippen LogP contribution < -0.4 is 18.5 Å². The molecule has 0 radical (unpaired) electrons. The molecule has 41 heavy (non-hydrogen) atoms. The second-order valence-corrected chi connectivity index (χ2v) is 10.5. The Hall–Kier alpha value is -4.39. The average molecular weight is 575 g/mol. The van der Waals surface area contributed by atoms with Crippen LogP contribution in [0.25, 0.3) is 0 Å². The van der Waals surface area contributed by atoms with Gasteiger partial charge in [0.15, 0.2) is 11.6 Å². The summed E-state index contributed by atoms with van der Waals surface area (Å²) in [7, 11) is -1.86. The number of methoxy groups -OCH3 is 2. The van der Waals surface area contributed by atoms with Gasteiger partial charge in [-0.25, -0.2) is 4.57 Å². The Morgan fingerprint density at radius 2 is 1.02 bits per heavy atom. The summed E-state index contributed by atoms with van der Waals surface area (Å²) in [6.45, 7) is 0. The number of hydrogen-bond acceptors (Lipinski definition) is 7. The highest BCUT2D eigenvalue weighted by Crippen LogP contribution is 2.46. The lowest BCUT2D eigenvalue weighted by atomic mass is 10.0. The molecule has 8 nitrogen and oxygen atoms in total. The van der Waals surface area contributed by atoms with Crippen molar-refractivity contribution >= 4 is 19.4 Å². The predicted octanol–water partition coefficient (Wildman–Crippen LogP) is 6.89. The number of ether oxygens (including phenoxy) is 2. The first-order valence-electron chi connectivity index (χ1n) is 13.0. The van der Waals surface area contributed by atoms with Gasteiger partial charge in [0.05, 0.1) is 25.3 Å². The van der Waals surface area contributed by atoms with Crippen molar-refractivity contribution in [1.82, 2.24) is 0 Å². The molecule has 0 amide bonds. The van der Waals surface area contributed by atoms with E-state index in [0.717, 1.165) is 11.1 Å². The van der Waals surface area contributed by atoms with E-state index < -0.39 is 7.82 Å². The molecule has 4 rings (SSSR count). The average Bonchev–Trinajstić information content (AvgIpc) is 2.99. The third-order valence-corrected chi connectivity index (χ3v) is 7.24. The van der Waals surface area contributed by atoms with Crippen LogP contribution in [0.5, 0.6) is 23.0 Å². The molecule has 9 heteroatoms. The van der Waals surface area contributed by atoms with Crippen LogP contribution in [-0.4, -0.2) is 30.7 Å². The van der Waals surface area contributed by atoms with E-state index in [4.69, 9.17) is 18.5 Å². The summed E-state index contributed by atoms with van der Waals surface area (Å²) in [6.07, 6.45) is 1.69. The number of phosphoric acid groups is 1. The molecule has 0 unspecified atom stereocenters. The zero-order valence-electron chi connectivity index (χ0n) is 22.8. The van der Waals surface area contributed by atoms with Gasteiger partial charge in [-0.15, -0.1) is 0 Å². The lowest BCUT2D eigenvalue weighted by molar-refractivity contribution is 0.0971. The van der Waals surface area contributed by atoms with Gasteiger partial charge in [0.2, 0.25) is 0 Å². The molecule has 4 aromatic rings. The number of carbonyl (C=O) groups is 2. The van der Waals surface area contributed by atoms with Crippen LogP contribution in [-0.2, 0) is 17.4 Å². The van der Waals surface area contributed by atoms with E-state index in [1.54, 1.807) is 0 Å². The number of carbonyl (C=O) groups excluding carboxylic acids is 2. The quantitative estimate of drug-likeness (QED) is 0.128. The lowest BCUT2D eigenvalue weighted by Gasteiger charge is -2.16. The van der Waals surface area contributed by atoms with E-state index in [2.05, 4.69) is 0 Å². The largest absolute Gasteiger partial charge is 0.584 e. The molecular formula is C32H31O8P. The zero-order valence-corrected chi connectivity index (χ0v) is 23.7. The Morgan fingerprint density at radius 1 is 0.634 bits per heavy atom. The minimum absolute atomic E-state index is 0.0213. The van der Waals surface area contributed by atoms with Crippen molar-refractivity contribution in [2.75, 3.05) is 14.2 Å². The Bertz CT molecular complexity index is 1420. The molecule has 212 valence electrons. The Morgan fingerprint density at radius 3 is 1.39 bits per heavy atom. The van der Waals surface area contributed by atoms with Gasteiger partial charge in [-0.3, -0.25) is 14.5 Å². The van der Waals surface area contributed by atoms with Crippen molar-refractivity contribution in [2.45, 2.75) is 25.7 Å². The van der Waals surface area contributed by atoms with Gasteiger partial charge in [-0.05, 0) is 48.2 Å². The van der Waals surface area contributed by atoms with E-state index in [1.807, 2.05) is 60.7 Å². The SMILES string of the molecule is COc1cc(OP(=O)(O)Oc2ccc(C(=O)CCc3ccccc3)c(OC)c2)ccc1C(=O)CCc1ccccc1. The maximum absolute atomic E-state index is 12.8. The Labute approximate surface area is 239 Å². The number of ketones is 2. The number of benzene rings is 4. The van der Waals surface area contributed by atoms with Crippen LogP contribution in [0.3, 0.4) is 0 Å². The van der Waals surface area contributed by atoms with Crippen molar-refractivity contribution in [1.29, 1.82) is 0 Å². The van der Waals surface area contributed by atoms with Crippen LogP contribution in [0.2, 0.25) is 0 Å². The topological polar surface area (TPSA) is 108 Å². The Kier molecular flexibility index (Phi) is 9.95. The Balaban J connectivity index is 1.40. The maximum atomic E-state index is 12.8. The fourth-order valence-corrected chi connectivity index (χ4v) is 5.07. The van der Waals surface area contributed by atoms with Gasteiger partial charge >= 0.3 is 7.82 Å². The van der Waals surface area contributed by atoms with E-state index in [1.165, 1.54) is 50.6 Å². The van der Waals surface area contributed by atoms with E-state index in [0.29, 0.717) is 24.0 Å². The summed E-state index contributed by atoms with van der Waals surface area (Å²) in [5.74, 6) is 0.109. The van der Waals surface area contributed by atoms with Crippen LogP contribution >= 0.6 is 7.82 Å². The molecule has 0 bridgehead atoms. The fourth-order valence-electron chi connectivity index (χ4n) is 4.28. The monoisotopic (exact) mass is 574 g/mol. The normalized spacial score (nSPS) is 11.0. The third kappa shape index (κ3) is 8.30. The van der Waals surface area contributed by atoms with Crippen molar-refractivity contribution in [3.8, 4) is 23.0 Å². The molecule has 0 aliphatic heterocycles. The van der Waals surface area contributed by atoms with E-state index >= 15 is 0 Å². The van der Waals surface area contributed by atoms with E-state index in [-0.39, 0.29) is 47.4 Å². The van der Waals surface area contributed by atoms with Gasteiger partial charge in [0.25, 0.3) is 0 Å². The molecule has 0 fully saturated rings. The van der Waals surface area contributed by atoms with Crippen molar-refractivity contribution in [3.05, 3.63) is 119 Å². The molecule has 0 aromatic heterocycles. The van der Waals surface area contributed by atoms with Crippen molar-refractivity contribution in [2.24, 2.45) is 0 Å². The summed E-state index contributed by atoms with van der Waals surface area (Å²) in [4.78, 5) is 36.0. The molecule has 0 saturated heterocycles. The first kappa shape index (κ1) is 29.6. The van der Waals surface area contributed by atoms with Crippen LogP contribution in [0.1, 0.15) is 44.7 Å². The van der Waals surface area contributed by atoms with Gasteiger partial charge in [-0.2, -0.15) is 0 Å². The van der Waals surface area contributed by atoms with Crippen LogP contribution in [0, 0.1) is 0 Å². The molecule has 0 heterocycles. The summed E-state index contributed by atoms with van der Waals surface area (Å²) >= 11 is 0. The zero-order chi connectivity index (χ0) is 29.2. The smallest absolute Gasteiger partial charge is 0.496 e. The van der Waals surface area contributed by atoms with Crippen molar-refractivity contribution < 1.29 is 37.6 Å². The minimum atomic E-state index is -4.66. The number of phosphoric ester groups is 1. The van der Waals surface area contributed by atoms with Crippen LogP contribution in [0.15, 0.2) is 97.1 Å². The van der Waals surface area contributed by atoms with Gasteiger partial charge in [-0.1, -0.05) is 60.7 Å². The standard InChI is InChI=1S/C32H31O8P/c1-37-31-21-25(15-17-27(31)29(33)19-13-23-9-5-3-6-10-23)39-41(35,36)40-26-16-18-28(32(22-26)38-2)30(34)20-14-24-11-7-4-8-12-24/h3-12,15-18,21-22H,13-14,19-20H2,1-2H3,(H,35,36). The van der Waals surface area contributed by atoms with Gasteiger partial charge in [0, 0.05) is 25.0 Å². The molecule has 1 N–H and O–H groups in total. The maximum Gasteiger partial charge on any atom is 0.584 e. The summed E-state index contributed by atoms with van der Waals surface area (Å²) in [5.41, 5.74) is 2.75. The first-order valence-corrected chi connectivity index (χ1v) is 14.5. The van der Waals surface area contributed by atoms with Crippen LogP contribution in [0.4, 0.5) is 0 Å². The molecule has 4 aromatic carbocycles. The van der Waals surface area contributed by atoms with E-state index in [9.17, 15) is 19.0 Å². The minimum Gasteiger partial charge on any atom is -0.496 e. The molecular weight excluding hydrogens is 543 g/mol. The highest BCUT2D eigenvalue weighted by atomic mass is 31.2. The molecule has 0 aliphatic carbocycles. The second kappa shape index (κ2) is 13.8. The first-order chi connectivity index (χ1) is 19.8. The highest BCUT2D eigenvalue weighted by molar-refractivity contribution is 7.48. The molecule has 0 atom stereocenters. The van der Waals surface area contributed by atoms with Gasteiger partial charge < -0.3 is 18.5 Å². The summed E-state index contributed by atoms with van der Waals surface area (Å²) < 4.78 is 34.0. The molecule has 0 spiro atoms. The number of aryl methyl sites for hydroxylation is 2. The number of Topliss-reactive ketones (excluding diaryl/α,β-unsaturated/α-hetero) is 2. The predicted molar refractivity (Wildman–Crippen MR) is 155 cm³/mol. The lowest BCUT2D eigenvalue weighted by Crippen LogP contribution is -2.06. The molecule has 0 aliphatic rings. The van der Waals surface area contributed by atoms with Gasteiger partial charge in [0.1, 0.15) is 23.0 Å². The second-order valence-electron chi connectivity index (χ2n) is 9.19. The fraction of sp³-hybridized carbons (Fsp3) is 0.188. The summed E-state index contributed by atoms with van der Waals surface area (Å²) in [5, 5.41) is 0. The molecule has 0 saturated carbocycles. The third-order valence-electron chi connectivity index (χ3n) is 6.36. The number of rotatable bonds is 14. The van der Waals surface area contributed by atoms with Crippen molar-refractivity contribution in [3.63, 3.8) is 0 Å². The summed E-state index contributed by atoms with van der Waals surface area (Å²) in [6, 6.07) is 27.8.